The van der Waals surface area contributed by atoms with Crippen molar-refractivity contribution in [3.63, 3.8) is 0 Å². The van der Waals surface area contributed by atoms with Gasteiger partial charge in [-0.05, 0) is 19.3 Å². The Bertz CT molecular complexity index is 289. The van der Waals surface area contributed by atoms with Gasteiger partial charge in [0.05, 0.1) is 12.5 Å². The molecule has 0 bridgehead atoms. The lowest BCUT2D eigenvalue weighted by atomic mass is 10.2. The summed E-state index contributed by atoms with van der Waals surface area (Å²) in [5.74, 6) is 2.41. The number of amides is 1. The second kappa shape index (κ2) is 6.89. The molecule has 1 fully saturated rings. The summed E-state index contributed by atoms with van der Waals surface area (Å²) in [5.41, 5.74) is 0. The molecule has 1 saturated carbocycles. The normalized spacial score (nSPS) is 13.9. The molecular weight excluding hydrogens is 206 g/mol. The molecule has 1 aliphatic rings. The quantitative estimate of drug-likeness (QED) is 0.395. The lowest BCUT2D eigenvalue weighted by molar-refractivity contribution is -0.145. The fourth-order valence-corrected chi connectivity index (χ4v) is 1.22. The molecular formula is C12H17NO3. The SMILES string of the molecule is C#CCCCC(=O)NCCOC(=O)C1CC1. The Morgan fingerprint density at radius 3 is 2.81 bits per heavy atom. The van der Waals surface area contributed by atoms with Gasteiger partial charge in [-0.2, -0.15) is 0 Å². The van der Waals surface area contributed by atoms with E-state index < -0.39 is 0 Å². The molecule has 0 aromatic heterocycles. The van der Waals surface area contributed by atoms with Gasteiger partial charge in [-0.15, -0.1) is 12.3 Å². The third-order valence-electron chi connectivity index (χ3n) is 2.30. The van der Waals surface area contributed by atoms with Crippen molar-refractivity contribution < 1.29 is 14.3 Å². The number of rotatable bonds is 7. The molecule has 0 atom stereocenters. The van der Waals surface area contributed by atoms with Crippen LogP contribution in [0.1, 0.15) is 32.1 Å². The Morgan fingerprint density at radius 1 is 1.44 bits per heavy atom. The molecule has 1 rings (SSSR count). The van der Waals surface area contributed by atoms with Crippen LogP contribution in [0, 0.1) is 18.3 Å². The summed E-state index contributed by atoms with van der Waals surface area (Å²) in [7, 11) is 0. The zero-order valence-electron chi connectivity index (χ0n) is 9.33. The number of unbranched alkanes of at least 4 members (excludes halogenated alkanes) is 1. The Morgan fingerprint density at radius 2 is 2.19 bits per heavy atom. The third-order valence-corrected chi connectivity index (χ3v) is 2.30. The number of carbonyl (C=O) groups excluding carboxylic acids is 2. The lowest BCUT2D eigenvalue weighted by Gasteiger charge is -2.05. The lowest BCUT2D eigenvalue weighted by Crippen LogP contribution is -2.27. The van der Waals surface area contributed by atoms with Crippen LogP contribution in [0.4, 0.5) is 0 Å². The standard InChI is InChI=1S/C12H17NO3/c1-2-3-4-5-11(14)13-8-9-16-12(15)10-6-7-10/h1,10H,3-9H2,(H,13,14). The molecule has 1 amide bonds. The number of carbonyl (C=O) groups is 2. The van der Waals surface area contributed by atoms with Crippen molar-refractivity contribution in [1.82, 2.24) is 5.32 Å². The van der Waals surface area contributed by atoms with Gasteiger partial charge in [-0.25, -0.2) is 0 Å². The highest BCUT2D eigenvalue weighted by Crippen LogP contribution is 2.29. The number of hydrogen-bond donors (Lipinski definition) is 1. The Kier molecular flexibility index (Phi) is 5.41. The van der Waals surface area contributed by atoms with Crippen LogP contribution in [0.15, 0.2) is 0 Å². The average Bonchev–Trinajstić information content (AvgIpc) is 3.08. The molecule has 0 heterocycles. The van der Waals surface area contributed by atoms with Crippen molar-refractivity contribution in [2.45, 2.75) is 32.1 Å². The van der Waals surface area contributed by atoms with Crippen LogP contribution >= 0.6 is 0 Å². The predicted octanol–water partition coefficient (Wildman–Crippen LogP) is 0.859. The molecule has 0 radical (unpaired) electrons. The summed E-state index contributed by atoms with van der Waals surface area (Å²) in [5, 5.41) is 2.67. The summed E-state index contributed by atoms with van der Waals surface area (Å²) < 4.78 is 4.96. The summed E-state index contributed by atoms with van der Waals surface area (Å²) in [4.78, 5) is 22.3. The number of hydrogen-bond acceptors (Lipinski definition) is 3. The van der Waals surface area contributed by atoms with Crippen LogP contribution in [0.5, 0.6) is 0 Å². The molecule has 4 nitrogen and oxygen atoms in total. The zero-order valence-corrected chi connectivity index (χ0v) is 9.33. The Hall–Kier alpha value is -1.50. The van der Waals surface area contributed by atoms with E-state index in [0.29, 0.717) is 25.8 Å². The largest absolute Gasteiger partial charge is 0.464 e. The minimum atomic E-state index is -0.137. The number of ether oxygens (including phenoxy) is 1. The first-order valence-corrected chi connectivity index (χ1v) is 5.61. The molecule has 0 unspecified atom stereocenters. The number of terminal acetylenes is 1. The van der Waals surface area contributed by atoms with E-state index in [1.54, 1.807) is 0 Å². The molecule has 4 heteroatoms. The second-order valence-corrected chi connectivity index (χ2v) is 3.85. The molecule has 88 valence electrons. The van der Waals surface area contributed by atoms with E-state index >= 15 is 0 Å². The molecule has 1 aliphatic carbocycles. The highest BCUT2D eigenvalue weighted by molar-refractivity contribution is 5.76. The van der Waals surface area contributed by atoms with Crippen molar-refractivity contribution in [3.05, 3.63) is 0 Å². The maximum absolute atomic E-state index is 11.2. The fourth-order valence-electron chi connectivity index (χ4n) is 1.22. The minimum Gasteiger partial charge on any atom is -0.464 e. The number of esters is 1. The first kappa shape index (κ1) is 12.6. The van der Waals surface area contributed by atoms with E-state index in [9.17, 15) is 9.59 Å². The predicted molar refractivity (Wildman–Crippen MR) is 59.4 cm³/mol. The monoisotopic (exact) mass is 223 g/mol. The Labute approximate surface area is 95.7 Å². The summed E-state index contributed by atoms with van der Waals surface area (Å²) in [6.45, 7) is 0.642. The summed E-state index contributed by atoms with van der Waals surface area (Å²) in [6.07, 6.45) is 8.69. The molecule has 0 aromatic carbocycles. The summed E-state index contributed by atoms with van der Waals surface area (Å²) >= 11 is 0. The van der Waals surface area contributed by atoms with Gasteiger partial charge in [0.25, 0.3) is 0 Å². The van der Waals surface area contributed by atoms with Gasteiger partial charge in [-0.3, -0.25) is 9.59 Å². The van der Waals surface area contributed by atoms with Crippen LogP contribution in [-0.2, 0) is 14.3 Å². The molecule has 0 spiro atoms. The highest BCUT2D eigenvalue weighted by Gasteiger charge is 2.30. The van der Waals surface area contributed by atoms with Crippen LogP contribution in [0.25, 0.3) is 0 Å². The van der Waals surface area contributed by atoms with Crippen molar-refractivity contribution in [1.29, 1.82) is 0 Å². The van der Waals surface area contributed by atoms with Gasteiger partial charge in [-0.1, -0.05) is 0 Å². The van der Waals surface area contributed by atoms with Gasteiger partial charge < -0.3 is 10.1 Å². The zero-order chi connectivity index (χ0) is 11.8. The van der Waals surface area contributed by atoms with Gasteiger partial charge in [0.2, 0.25) is 5.91 Å². The van der Waals surface area contributed by atoms with Gasteiger partial charge >= 0.3 is 5.97 Å². The molecule has 0 saturated heterocycles. The van der Waals surface area contributed by atoms with Crippen LogP contribution in [-0.4, -0.2) is 25.0 Å². The molecule has 1 N–H and O–H groups in total. The van der Waals surface area contributed by atoms with Crippen molar-refractivity contribution in [2.24, 2.45) is 5.92 Å². The second-order valence-electron chi connectivity index (χ2n) is 3.85. The van der Waals surface area contributed by atoms with Crippen LogP contribution < -0.4 is 5.32 Å². The van der Waals surface area contributed by atoms with Gasteiger partial charge in [0, 0.05) is 12.8 Å². The maximum atomic E-state index is 11.2. The van der Waals surface area contributed by atoms with E-state index in [-0.39, 0.29) is 24.4 Å². The first-order chi connectivity index (χ1) is 7.74. The smallest absolute Gasteiger partial charge is 0.308 e. The molecule has 16 heavy (non-hydrogen) atoms. The topological polar surface area (TPSA) is 55.4 Å². The maximum Gasteiger partial charge on any atom is 0.308 e. The van der Waals surface area contributed by atoms with Crippen molar-refractivity contribution in [3.8, 4) is 12.3 Å². The van der Waals surface area contributed by atoms with Crippen molar-refractivity contribution >= 4 is 11.9 Å². The van der Waals surface area contributed by atoms with E-state index in [0.717, 1.165) is 12.8 Å². The molecule has 0 aromatic rings. The van der Waals surface area contributed by atoms with Crippen molar-refractivity contribution in [2.75, 3.05) is 13.2 Å². The average molecular weight is 223 g/mol. The third kappa shape index (κ3) is 5.40. The Balaban J connectivity index is 1.91. The molecule has 0 aliphatic heterocycles. The van der Waals surface area contributed by atoms with E-state index in [1.807, 2.05) is 0 Å². The van der Waals surface area contributed by atoms with Crippen LogP contribution in [0.3, 0.4) is 0 Å². The van der Waals surface area contributed by atoms with E-state index in [1.165, 1.54) is 0 Å². The van der Waals surface area contributed by atoms with E-state index in [4.69, 9.17) is 11.2 Å². The summed E-state index contributed by atoms with van der Waals surface area (Å²) in [6, 6.07) is 0. The fraction of sp³-hybridized carbons (Fsp3) is 0.667. The minimum absolute atomic E-state index is 0.0438. The number of nitrogens with one attached hydrogen (secondary N) is 1. The first-order valence-electron chi connectivity index (χ1n) is 5.61. The van der Waals surface area contributed by atoms with Gasteiger partial charge in [0.1, 0.15) is 6.61 Å². The highest BCUT2D eigenvalue weighted by atomic mass is 16.5. The van der Waals surface area contributed by atoms with Crippen LogP contribution in [0.2, 0.25) is 0 Å². The van der Waals surface area contributed by atoms with E-state index in [2.05, 4.69) is 11.2 Å². The van der Waals surface area contributed by atoms with Gasteiger partial charge in [0.15, 0.2) is 0 Å².